The summed E-state index contributed by atoms with van der Waals surface area (Å²) in [5, 5.41) is 3.42. The topological polar surface area (TPSA) is 73.6 Å². The van der Waals surface area contributed by atoms with Crippen molar-refractivity contribution in [3.8, 4) is 5.75 Å². The molecule has 1 aromatic rings. The van der Waals surface area contributed by atoms with Gasteiger partial charge in [0.15, 0.2) is 0 Å². The Morgan fingerprint density at radius 3 is 2.70 bits per heavy atom. The summed E-state index contributed by atoms with van der Waals surface area (Å²) in [6, 6.07) is 5.42. The van der Waals surface area contributed by atoms with E-state index in [0.717, 1.165) is 5.56 Å². The van der Waals surface area contributed by atoms with Gasteiger partial charge in [-0.3, -0.25) is 4.79 Å². The van der Waals surface area contributed by atoms with E-state index in [2.05, 4.69) is 5.32 Å². The van der Waals surface area contributed by atoms with Crippen LogP contribution in [0, 0.1) is 5.41 Å². The van der Waals surface area contributed by atoms with E-state index in [1.165, 1.54) is 0 Å². The number of nitrogens with two attached hydrogens (primary N) is 1. The minimum absolute atomic E-state index is 0.0127. The average Bonchev–Trinajstić information content (AvgIpc) is 2.52. The molecule has 0 aromatic heterocycles. The van der Waals surface area contributed by atoms with Crippen LogP contribution in [-0.2, 0) is 16.1 Å². The maximum absolute atomic E-state index is 12.5. The van der Waals surface area contributed by atoms with Gasteiger partial charge in [0.05, 0.1) is 18.2 Å². The average molecular weight is 341 g/mol. The van der Waals surface area contributed by atoms with Gasteiger partial charge < -0.3 is 20.5 Å². The molecule has 2 rings (SSSR count). The molecule has 0 spiro atoms. The van der Waals surface area contributed by atoms with Crippen molar-refractivity contribution in [2.45, 2.75) is 45.4 Å². The number of nitrogens with one attached hydrogen (secondary N) is 1. The normalized spacial score (nSPS) is 25.6. The molecule has 3 N–H and O–H groups in total. The van der Waals surface area contributed by atoms with Crippen molar-refractivity contribution >= 4 is 17.5 Å². The summed E-state index contributed by atoms with van der Waals surface area (Å²) in [5.74, 6) is 0.446. The van der Waals surface area contributed by atoms with Gasteiger partial charge in [-0.05, 0) is 24.6 Å². The van der Waals surface area contributed by atoms with Crippen molar-refractivity contribution in [1.29, 1.82) is 0 Å². The van der Waals surface area contributed by atoms with Gasteiger partial charge in [-0.25, -0.2) is 0 Å². The number of hydrogen-bond acceptors (Lipinski definition) is 4. The Hall–Kier alpha value is -1.30. The molecule has 1 saturated carbocycles. The summed E-state index contributed by atoms with van der Waals surface area (Å²) in [5.41, 5.74) is 5.93. The molecule has 1 amide bonds. The smallest absolute Gasteiger partial charge is 0.241 e. The lowest BCUT2D eigenvalue weighted by molar-refractivity contribution is -0.170. The monoisotopic (exact) mass is 340 g/mol. The van der Waals surface area contributed by atoms with Crippen LogP contribution < -0.4 is 15.8 Å². The zero-order valence-corrected chi connectivity index (χ0v) is 14.9. The molecule has 1 fully saturated rings. The van der Waals surface area contributed by atoms with Crippen molar-refractivity contribution in [3.63, 3.8) is 0 Å². The maximum Gasteiger partial charge on any atom is 0.241 e. The molecule has 1 aliphatic rings. The first-order chi connectivity index (χ1) is 10.8. The summed E-state index contributed by atoms with van der Waals surface area (Å²) >= 11 is 6.09. The summed E-state index contributed by atoms with van der Waals surface area (Å²) < 4.78 is 10.8. The molecule has 0 aliphatic heterocycles. The van der Waals surface area contributed by atoms with Crippen LogP contribution in [0.2, 0.25) is 5.02 Å². The number of benzene rings is 1. The van der Waals surface area contributed by atoms with Gasteiger partial charge in [-0.1, -0.05) is 31.5 Å². The largest absolute Gasteiger partial charge is 0.495 e. The van der Waals surface area contributed by atoms with Crippen LogP contribution in [0.25, 0.3) is 0 Å². The highest BCUT2D eigenvalue weighted by Crippen LogP contribution is 2.49. The lowest BCUT2D eigenvalue weighted by Gasteiger charge is -2.57. The molecule has 128 valence electrons. The number of halogens is 1. The number of amides is 1. The van der Waals surface area contributed by atoms with Crippen molar-refractivity contribution in [1.82, 2.24) is 5.32 Å². The fraction of sp³-hybridized carbons (Fsp3) is 0.588. The van der Waals surface area contributed by atoms with Crippen LogP contribution in [0.5, 0.6) is 5.75 Å². The molecule has 23 heavy (non-hydrogen) atoms. The Morgan fingerprint density at radius 1 is 1.48 bits per heavy atom. The number of methoxy groups -OCH3 is 1. The third-order valence-electron chi connectivity index (χ3n) is 4.90. The maximum atomic E-state index is 12.5. The van der Waals surface area contributed by atoms with Gasteiger partial charge in [0.2, 0.25) is 5.91 Å². The highest BCUT2D eigenvalue weighted by molar-refractivity contribution is 6.32. The first-order valence-electron chi connectivity index (χ1n) is 7.77. The predicted octanol–water partition coefficient (Wildman–Crippen LogP) is 2.50. The Balaban J connectivity index is 1.99. The number of rotatable bonds is 6. The summed E-state index contributed by atoms with van der Waals surface area (Å²) in [4.78, 5) is 12.5. The highest BCUT2D eigenvalue weighted by Gasteiger charge is 2.62. The molecular formula is C17H25ClN2O3. The zero-order valence-electron chi connectivity index (χ0n) is 14.1. The Bertz CT molecular complexity index is 591. The van der Waals surface area contributed by atoms with E-state index in [1.807, 2.05) is 26.8 Å². The third kappa shape index (κ3) is 3.18. The van der Waals surface area contributed by atoms with Crippen molar-refractivity contribution in [2.75, 3.05) is 13.7 Å². The van der Waals surface area contributed by atoms with Crippen molar-refractivity contribution in [3.05, 3.63) is 28.8 Å². The minimum Gasteiger partial charge on any atom is -0.495 e. The van der Waals surface area contributed by atoms with Crippen molar-refractivity contribution < 1.29 is 14.3 Å². The molecule has 2 unspecified atom stereocenters. The van der Waals surface area contributed by atoms with Gasteiger partial charge in [-0.2, -0.15) is 0 Å². The Kier molecular flexibility index (Phi) is 5.23. The molecule has 6 heteroatoms. The molecule has 0 heterocycles. The lowest BCUT2D eigenvalue weighted by atomic mass is 9.54. The molecule has 0 radical (unpaired) electrons. The second-order valence-corrected chi connectivity index (χ2v) is 6.90. The molecule has 1 aromatic carbocycles. The van der Waals surface area contributed by atoms with E-state index in [9.17, 15) is 4.79 Å². The summed E-state index contributed by atoms with van der Waals surface area (Å²) in [7, 11) is 1.56. The SMILES string of the molecule is CCOC1CC(N)(C(=O)NCc2ccc(OC)c(Cl)c2)C1(C)C. The molecule has 2 atom stereocenters. The van der Waals surface area contributed by atoms with Gasteiger partial charge in [0, 0.05) is 25.0 Å². The second-order valence-electron chi connectivity index (χ2n) is 6.49. The fourth-order valence-electron chi connectivity index (χ4n) is 2.98. The van der Waals surface area contributed by atoms with E-state index >= 15 is 0 Å². The third-order valence-corrected chi connectivity index (χ3v) is 5.20. The zero-order chi connectivity index (χ0) is 17.3. The Morgan fingerprint density at radius 2 is 2.17 bits per heavy atom. The number of carbonyl (C=O) groups is 1. The van der Waals surface area contributed by atoms with Crippen LogP contribution in [0.4, 0.5) is 0 Å². The van der Waals surface area contributed by atoms with E-state index in [0.29, 0.717) is 30.3 Å². The van der Waals surface area contributed by atoms with Gasteiger partial charge in [0.25, 0.3) is 0 Å². The van der Waals surface area contributed by atoms with Gasteiger partial charge in [0.1, 0.15) is 11.3 Å². The molecule has 5 nitrogen and oxygen atoms in total. The second kappa shape index (κ2) is 6.67. The van der Waals surface area contributed by atoms with E-state index < -0.39 is 11.0 Å². The molecule has 0 saturated heterocycles. The highest BCUT2D eigenvalue weighted by atomic mass is 35.5. The van der Waals surface area contributed by atoms with E-state index in [1.54, 1.807) is 19.2 Å². The number of hydrogen-bond donors (Lipinski definition) is 2. The summed E-state index contributed by atoms with van der Waals surface area (Å²) in [6.45, 7) is 6.88. The lowest BCUT2D eigenvalue weighted by Crippen LogP contribution is -2.75. The molecule has 1 aliphatic carbocycles. The summed E-state index contributed by atoms with van der Waals surface area (Å²) in [6.07, 6.45) is 0.543. The van der Waals surface area contributed by atoms with Gasteiger partial charge >= 0.3 is 0 Å². The standard InChI is InChI=1S/C17H25ClN2O3/c1-5-23-14-9-17(19,16(14,2)3)15(21)20-10-11-6-7-13(22-4)12(18)8-11/h6-8,14H,5,9-10,19H2,1-4H3,(H,20,21). The van der Waals surface area contributed by atoms with Crippen molar-refractivity contribution in [2.24, 2.45) is 11.1 Å². The van der Waals surface area contributed by atoms with Crippen LogP contribution in [0.3, 0.4) is 0 Å². The molecular weight excluding hydrogens is 316 g/mol. The van der Waals surface area contributed by atoms with Crippen LogP contribution in [0.1, 0.15) is 32.8 Å². The fourth-order valence-corrected chi connectivity index (χ4v) is 3.26. The van der Waals surface area contributed by atoms with Gasteiger partial charge in [-0.15, -0.1) is 0 Å². The number of carbonyl (C=O) groups excluding carboxylic acids is 1. The minimum atomic E-state index is -0.914. The van der Waals surface area contributed by atoms with Crippen LogP contribution in [0.15, 0.2) is 18.2 Å². The first kappa shape index (κ1) is 18.0. The predicted molar refractivity (Wildman–Crippen MR) is 90.6 cm³/mol. The Labute approximate surface area is 142 Å². The van der Waals surface area contributed by atoms with E-state index in [4.69, 9.17) is 26.8 Å². The quantitative estimate of drug-likeness (QED) is 0.834. The molecule has 0 bridgehead atoms. The van der Waals surface area contributed by atoms with Crippen LogP contribution in [-0.4, -0.2) is 31.3 Å². The van der Waals surface area contributed by atoms with Crippen LogP contribution >= 0.6 is 11.6 Å². The van der Waals surface area contributed by atoms with E-state index in [-0.39, 0.29) is 12.0 Å². The first-order valence-corrected chi connectivity index (χ1v) is 8.15. The number of ether oxygens (including phenoxy) is 2.